The predicted molar refractivity (Wildman–Crippen MR) is 111 cm³/mol. The number of piperazine rings is 1. The Morgan fingerprint density at radius 2 is 1.63 bits per heavy atom. The van der Waals surface area contributed by atoms with E-state index < -0.39 is 11.6 Å². The first-order chi connectivity index (χ1) is 14.5. The fraction of sp³-hybridized carbons (Fsp3) is 0.238. The van der Waals surface area contributed by atoms with Crippen molar-refractivity contribution < 1.29 is 23.1 Å². The number of carbonyl (C=O) groups is 2. The number of rotatable bonds is 5. The van der Waals surface area contributed by atoms with E-state index in [0.717, 1.165) is 17.7 Å². The lowest BCUT2D eigenvalue weighted by Gasteiger charge is -2.34. The molecule has 0 radical (unpaired) electrons. The Morgan fingerprint density at radius 1 is 0.933 bits per heavy atom. The Hall–Kier alpha value is -2.78. The standard InChI is InChI=1S/C21H18F2N2O3S2/c22-15-3-4-17(16(23)11-15)28-12-14-10-19(30-13-14)21(27)25-7-5-24(6-8-25)20(26)18-2-1-9-29-18/h1-4,9-11,13H,5-8,12H2. The fourth-order valence-electron chi connectivity index (χ4n) is 3.14. The van der Waals surface area contributed by atoms with Crippen molar-refractivity contribution in [2.24, 2.45) is 0 Å². The molecule has 0 bridgehead atoms. The van der Waals surface area contributed by atoms with Crippen LogP contribution < -0.4 is 4.74 Å². The summed E-state index contributed by atoms with van der Waals surface area (Å²) in [6.07, 6.45) is 0. The molecule has 0 N–H and O–H groups in total. The highest BCUT2D eigenvalue weighted by Gasteiger charge is 2.26. The minimum atomic E-state index is -0.767. The van der Waals surface area contributed by atoms with E-state index in [9.17, 15) is 18.4 Å². The van der Waals surface area contributed by atoms with Gasteiger partial charge in [-0.05, 0) is 35.0 Å². The third-order valence-electron chi connectivity index (χ3n) is 4.74. The topological polar surface area (TPSA) is 49.9 Å². The SMILES string of the molecule is O=C(c1cccs1)N1CCN(C(=O)c2cc(COc3ccc(F)cc3F)cs2)CC1. The number of benzene rings is 1. The van der Waals surface area contributed by atoms with Crippen LogP contribution in [0.3, 0.4) is 0 Å². The molecule has 1 saturated heterocycles. The van der Waals surface area contributed by atoms with Crippen molar-refractivity contribution in [2.45, 2.75) is 6.61 Å². The molecule has 0 atom stereocenters. The molecule has 30 heavy (non-hydrogen) atoms. The molecular weight excluding hydrogens is 430 g/mol. The fourth-order valence-corrected chi connectivity index (χ4v) is 4.70. The van der Waals surface area contributed by atoms with E-state index in [2.05, 4.69) is 0 Å². The predicted octanol–water partition coefficient (Wildman–Crippen LogP) is 4.27. The molecule has 1 fully saturated rings. The van der Waals surface area contributed by atoms with E-state index in [1.54, 1.807) is 27.3 Å². The largest absolute Gasteiger partial charge is 0.486 e. The molecule has 3 aromatic rings. The first kappa shape index (κ1) is 20.5. The summed E-state index contributed by atoms with van der Waals surface area (Å²) in [5, 5.41) is 3.65. The Bertz CT molecular complexity index is 1040. The van der Waals surface area contributed by atoms with Crippen LogP contribution in [-0.2, 0) is 6.61 Å². The highest BCUT2D eigenvalue weighted by atomic mass is 32.1. The molecule has 156 valence electrons. The molecule has 1 aliphatic rings. The minimum absolute atomic E-state index is 0.000632. The van der Waals surface area contributed by atoms with Crippen LogP contribution in [-0.4, -0.2) is 47.8 Å². The quantitative estimate of drug-likeness (QED) is 0.586. The van der Waals surface area contributed by atoms with E-state index in [-0.39, 0.29) is 24.2 Å². The summed E-state index contributed by atoms with van der Waals surface area (Å²) in [7, 11) is 0. The average Bonchev–Trinajstić information content (AvgIpc) is 3.45. The molecule has 5 nitrogen and oxygen atoms in total. The summed E-state index contributed by atoms with van der Waals surface area (Å²) >= 11 is 2.71. The second kappa shape index (κ2) is 8.93. The zero-order valence-corrected chi connectivity index (χ0v) is 17.5. The van der Waals surface area contributed by atoms with Crippen LogP contribution in [0.4, 0.5) is 8.78 Å². The maximum atomic E-state index is 13.7. The second-order valence-corrected chi connectivity index (χ2v) is 8.60. The van der Waals surface area contributed by atoms with Gasteiger partial charge in [0.1, 0.15) is 12.4 Å². The highest BCUT2D eigenvalue weighted by molar-refractivity contribution is 7.12. The van der Waals surface area contributed by atoms with Crippen LogP contribution >= 0.6 is 22.7 Å². The molecule has 0 unspecified atom stereocenters. The number of ether oxygens (including phenoxy) is 1. The van der Waals surface area contributed by atoms with Gasteiger partial charge in [-0.3, -0.25) is 9.59 Å². The maximum Gasteiger partial charge on any atom is 0.264 e. The molecule has 9 heteroatoms. The lowest BCUT2D eigenvalue weighted by molar-refractivity contribution is 0.0540. The molecule has 1 aliphatic heterocycles. The smallest absolute Gasteiger partial charge is 0.264 e. The van der Waals surface area contributed by atoms with Crippen molar-refractivity contribution in [1.82, 2.24) is 9.80 Å². The maximum absolute atomic E-state index is 13.7. The molecule has 0 aliphatic carbocycles. The van der Waals surface area contributed by atoms with E-state index in [1.807, 2.05) is 11.4 Å². The lowest BCUT2D eigenvalue weighted by atomic mass is 10.2. The number of amides is 2. The van der Waals surface area contributed by atoms with Crippen LogP contribution in [0.25, 0.3) is 0 Å². The van der Waals surface area contributed by atoms with Crippen molar-refractivity contribution >= 4 is 34.5 Å². The van der Waals surface area contributed by atoms with Crippen molar-refractivity contribution in [2.75, 3.05) is 26.2 Å². The van der Waals surface area contributed by atoms with Gasteiger partial charge in [-0.25, -0.2) is 8.78 Å². The molecule has 4 rings (SSSR count). The summed E-state index contributed by atoms with van der Waals surface area (Å²) in [6, 6.07) is 8.50. The summed E-state index contributed by atoms with van der Waals surface area (Å²) in [5.74, 6) is -1.57. The highest BCUT2D eigenvalue weighted by Crippen LogP contribution is 2.23. The van der Waals surface area contributed by atoms with E-state index in [1.165, 1.54) is 28.7 Å². The first-order valence-corrected chi connectivity index (χ1v) is 11.0. The average molecular weight is 449 g/mol. The van der Waals surface area contributed by atoms with Crippen LogP contribution in [0, 0.1) is 11.6 Å². The monoisotopic (exact) mass is 448 g/mol. The molecule has 0 spiro atoms. The lowest BCUT2D eigenvalue weighted by Crippen LogP contribution is -2.50. The normalized spacial score (nSPS) is 14.1. The van der Waals surface area contributed by atoms with Gasteiger partial charge in [0.15, 0.2) is 11.6 Å². The summed E-state index contributed by atoms with van der Waals surface area (Å²) in [4.78, 5) is 30.0. The molecule has 2 amide bonds. The van der Waals surface area contributed by atoms with Crippen molar-refractivity contribution in [3.05, 3.63) is 74.1 Å². The number of hydrogen-bond acceptors (Lipinski definition) is 5. The van der Waals surface area contributed by atoms with Gasteiger partial charge in [0.2, 0.25) is 0 Å². The first-order valence-electron chi connectivity index (χ1n) is 9.28. The van der Waals surface area contributed by atoms with Crippen molar-refractivity contribution in [1.29, 1.82) is 0 Å². The Labute approximate surface area is 180 Å². The van der Waals surface area contributed by atoms with Crippen LogP contribution in [0.2, 0.25) is 0 Å². The van der Waals surface area contributed by atoms with Gasteiger partial charge >= 0.3 is 0 Å². The third-order valence-corrected chi connectivity index (χ3v) is 6.56. The molecule has 1 aromatic carbocycles. The van der Waals surface area contributed by atoms with Gasteiger partial charge in [0, 0.05) is 37.8 Å². The van der Waals surface area contributed by atoms with E-state index in [0.29, 0.717) is 35.9 Å². The molecule has 3 heterocycles. The zero-order chi connectivity index (χ0) is 21.1. The van der Waals surface area contributed by atoms with Gasteiger partial charge in [-0.15, -0.1) is 22.7 Å². The van der Waals surface area contributed by atoms with E-state index >= 15 is 0 Å². The Morgan fingerprint density at radius 3 is 2.27 bits per heavy atom. The van der Waals surface area contributed by atoms with Crippen LogP contribution in [0.15, 0.2) is 47.2 Å². The van der Waals surface area contributed by atoms with Gasteiger partial charge in [-0.2, -0.15) is 0 Å². The van der Waals surface area contributed by atoms with Crippen molar-refractivity contribution in [3.63, 3.8) is 0 Å². The number of carbonyl (C=O) groups excluding carboxylic acids is 2. The Kier molecular flexibility index (Phi) is 6.10. The van der Waals surface area contributed by atoms with Gasteiger partial charge < -0.3 is 14.5 Å². The summed E-state index contributed by atoms with van der Waals surface area (Å²) in [5.41, 5.74) is 0.735. The summed E-state index contributed by atoms with van der Waals surface area (Å²) in [6.45, 7) is 2.01. The van der Waals surface area contributed by atoms with Crippen LogP contribution in [0.5, 0.6) is 5.75 Å². The zero-order valence-electron chi connectivity index (χ0n) is 15.8. The van der Waals surface area contributed by atoms with Gasteiger partial charge in [0.05, 0.1) is 9.75 Å². The third kappa shape index (κ3) is 4.52. The number of nitrogens with zero attached hydrogens (tertiary/aromatic N) is 2. The minimum Gasteiger partial charge on any atom is -0.486 e. The second-order valence-electron chi connectivity index (χ2n) is 6.74. The summed E-state index contributed by atoms with van der Waals surface area (Å²) < 4.78 is 32.0. The van der Waals surface area contributed by atoms with E-state index in [4.69, 9.17) is 4.74 Å². The van der Waals surface area contributed by atoms with Crippen LogP contribution in [0.1, 0.15) is 24.9 Å². The molecule has 2 aromatic heterocycles. The molecule has 0 saturated carbocycles. The van der Waals surface area contributed by atoms with Gasteiger partial charge in [-0.1, -0.05) is 6.07 Å². The van der Waals surface area contributed by atoms with Crippen molar-refractivity contribution in [3.8, 4) is 5.75 Å². The van der Waals surface area contributed by atoms with Gasteiger partial charge in [0.25, 0.3) is 11.8 Å². The number of hydrogen-bond donors (Lipinski definition) is 0. The Balaban J connectivity index is 1.31. The molecular formula is C21H18F2N2O3S2. The number of halogens is 2. The number of thiophene rings is 2.